The summed E-state index contributed by atoms with van der Waals surface area (Å²) in [7, 11) is 0. The molecule has 94 valence electrons. The molecule has 1 saturated carbocycles. The molecular weight excluding hydrogens is 198 g/mol. The summed E-state index contributed by atoms with van der Waals surface area (Å²) < 4.78 is 0. The minimum atomic E-state index is -0.228. The lowest BCUT2D eigenvalue weighted by atomic mass is 9.81. The monoisotopic (exact) mass is 225 g/mol. The first-order valence-corrected chi connectivity index (χ1v) is 6.85. The second-order valence-corrected chi connectivity index (χ2v) is 5.63. The van der Waals surface area contributed by atoms with E-state index in [1.165, 1.54) is 38.5 Å². The molecule has 16 heavy (non-hydrogen) atoms. The maximum Gasteiger partial charge on any atom is 0.146 e. The summed E-state index contributed by atoms with van der Waals surface area (Å²) in [6, 6.07) is -0.228. The van der Waals surface area contributed by atoms with Crippen LogP contribution in [0.25, 0.3) is 0 Å². The molecule has 0 radical (unpaired) electrons. The van der Waals surface area contributed by atoms with Crippen molar-refractivity contribution in [3.63, 3.8) is 0 Å². The van der Waals surface area contributed by atoms with Crippen LogP contribution < -0.4 is 5.73 Å². The van der Waals surface area contributed by atoms with Crippen molar-refractivity contribution in [3.05, 3.63) is 0 Å². The molecule has 0 heterocycles. The molecule has 0 amide bonds. The number of nitrogens with two attached hydrogens (primary N) is 1. The Balaban J connectivity index is 1.97. The van der Waals surface area contributed by atoms with Gasteiger partial charge in [0.2, 0.25) is 0 Å². The molecule has 0 aliphatic heterocycles. The maximum absolute atomic E-state index is 11.0. The molecule has 1 aliphatic rings. The number of Topliss-reactive ketones (excluding diaryl/α,β-unsaturated/α-hetero) is 1. The van der Waals surface area contributed by atoms with Gasteiger partial charge < -0.3 is 5.73 Å². The van der Waals surface area contributed by atoms with Crippen LogP contribution in [0.1, 0.15) is 65.2 Å². The predicted octanol–water partition coefficient (Wildman–Crippen LogP) is 3.29. The summed E-state index contributed by atoms with van der Waals surface area (Å²) in [6.07, 6.45) is 10.4. The van der Waals surface area contributed by atoms with Crippen LogP contribution in [0, 0.1) is 11.8 Å². The molecule has 2 nitrogen and oxygen atoms in total. The Morgan fingerprint density at radius 1 is 1.31 bits per heavy atom. The summed E-state index contributed by atoms with van der Waals surface area (Å²) in [5, 5.41) is 0. The topological polar surface area (TPSA) is 43.1 Å². The Morgan fingerprint density at radius 2 is 2.00 bits per heavy atom. The van der Waals surface area contributed by atoms with Crippen molar-refractivity contribution in [2.24, 2.45) is 17.6 Å². The number of carbonyl (C=O) groups is 1. The van der Waals surface area contributed by atoms with Crippen molar-refractivity contribution < 1.29 is 4.79 Å². The van der Waals surface area contributed by atoms with Gasteiger partial charge in [-0.25, -0.2) is 0 Å². The summed E-state index contributed by atoms with van der Waals surface area (Å²) in [6.45, 7) is 3.87. The van der Waals surface area contributed by atoms with E-state index in [-0.39, 0.29) is 11.8 Å². The third-order valence-corrected chi connectivity index (χ3v) is 4.03. The van der Waals surface area contributed by atoms with Crippen molar-refractivity contribution >= 4 is 5.78 Å². The van der Waals surface area contributed by atoms with E-state index < -0.39 is 0 Å². The Morgan fingerprint density at radius 3 is 2.50 bits per heavy atom. The smallest absolute Gasteiger partial charge is 0.146 e. The number of rotatable bonds is 8. The number of ketones is 1. The lowest BCUT2D eigenvalue weighted by molar-refractivity contribution is -0.118. The highest BCUT2D eigenvalue weighted by Gasteiger charge is 2.17. The van der Waals surface area contributed by atoms with Crippen LogP contribution >= 0.6 is 0 Å². The zero-order valence-electron chi connectivity index (χ0n) is 10.9. The zero-order chi connectivity index (χ0) is 12.0. The van der Waals surface area contributed by atoms with Gasteiger partial charge in [0, 0.05) is 0 Å². The molecule has 0 bridgehead atoms. The molecule has 0 spiro atoms. The van der Waals surface area contributed by atoms with E-state index in [4.69, 9.17) is 5.73 Å². The Kier molecular flexibility index (Phi) is 6.04. The van der Waals surface area contributed by atoms with E-state index in [2.05, 4.69) is 6.92 Å². The highest BCUT2D eigenvalue weighted by atomic mass is 16.1. The molecule has 0 aromatic rings. The Bertz CT molecular complexity index is 211. The van der Waals surface area contributed by atoms with Crippen molar-refractivity contribution in [2.45, 2.75) is 71.3 Å². The SMILES string of the molecule is CC(=O)C(N)CCC(C)CCCC1CCC1. The molecule has 0 aromatic heterocycles. The minimum Gasteiger partial charge on any atom is -0.322 e. The molecule has 1 rings (SSSR count). The van der Waals surface area contributed by atoms with Crippen LogP contribution in [0.4, 0.5) is 0 Å². The van der Waals surface area contributed by atoms with Gasteiger partial charge in [0.25, 0.3) is 0 Å². The Labute approximate surface area is 100.0 Å². The second-order valence-electron chi connectivity index (χ2n) is 5.63. The molecule has 1 fully saturated rings. The molecule has 0 saturated heterocycles. The quantitative estimate of drug-likeness (QED) is 0.689. The van der Waals surface area contributed by atoms with Crippen LogP contribution in [-0.4, -0.2) is 11.8 Å². The average Bonchev–Trinajstić information content (AvgIpc) is 2.17. The maximum atomic E-state index is 11.0. The fraction of sp³-hybridized carbons (Fsp3) is 0.929. The minimum absolute atomic E-state index is 0.127. The molecule has 1 aliphatic carbocycles. The summed E-state index contributed by atoms with van der Waals surface area (Å²) in [4.78, 5) is 11.0. The summed E-state index contributed by atoms with van der Waals surface area (Å²) in [5.41, 5.74) is 5.72. The fourth-order valence-corrected chi connectivity index (χ4v) is 2.35. The van der Waals surface area contributed by atoms with Gasteiger partial charge in [0.1, 0.15) is 5.78 Å². The molecule has 0 aromatic carbocycles. The third-order valence-electron chi connectivity index (χ3n) is 4.03. The Hall–Kier alpha value is -0.370. The van der Waals surface area contributed by atoms with Gasteiger partial charge in [-0.2, -0.15) is 0 Å². The van der Waals surface area contributed by atoms with E-state index in [1.807, 2.05) is 0 Å². The van der Waals surface area contributed by atoms with Gasteiger partial charge in [-0.3, -0.25) is 4.79 Å². The first-order chi connectivity index (χ1) is 7.59. The van der Waals surface area contributed by atoms with Crippen LogP contribution in [0.15, 0.2) is 0 Å². The largest absolute Gasteiger partial charge is 0.322 e. The van der Waals surface area contributed by atoms with E-state index in [9.17, 15) is 4.79 Å². The number of hydrogen-bond donors (Lipinski definition) is 1. The zero-order valence-corrected chi connectivity index (χ0v) is 10.9. The van der Waals surface area contributed by atoms with Crippen LogP contribution in [0.5, 0.6) is 0 Å². The second kappa shape index (κ2) is 7.05. The highest BCUT2D eigenvalue weighted by molar-refractivity contribution is 5.80. The van der Waals surface area contributed by atoms with Crippen LogP contribution in [-0.2, 0) is 4.79 Å². The standard InChI is InChI=1S/C14H27NO/c1-11(9-10-14(15)12(2)16)5-3-6-13-7-4-8-13/h11,13-14H,3-10,15H2,1-2H3. The number of carbonyl (C=O) groups excluding carboxylic acids is 1. The average molecular weight is 225 g/mol. The van der Waals surface area contributed by atoms with Gasteiger partial charge in [0.05, 0.1) is 6.04 Å². The lowest BCUT2D eigenvalue weighted by Gasteiger charge is -2.25. The number of hydrogen-bond acceptors (Lipinski definition) is 2. The first kappa shape index (κ1) is 13.7. The van der Waals surface area contributed by atoms with Crippen LogP contribution in [0.3, 0.4) is 0 Å². The predicted molar refractivity (Wildman–Crippen MR) is 68.2 cm³/mol. The summed E-state index contributed by atoms with van der Waals surface area (Å²) in [5.74, 6) is 1.89. The first-order valence-electron chi connectivity index (χ1n) is 6.85. The molecule has 2 heteroatoms. The van der Waals surface area contributed by atoms with Gasteiger partial charge in [-0.15, -0.1) is 0 Å². The highest BCUT2D eigenvalue weighted by Crippen LogP contribution is 2.31. The van der Waals surface area contributed by atoms with Gasteiger partial charge >= 0.3 is 0 Å². The van der Waals surface area contributed by atoms with Gasteiger partial charge in [-0.1, -0.05) is 45.4 Å². The third kappa shape index (κ3) is 5.11. The molecule has 2 N–H and O–H groups in total. The normalized spacial score (nSPS) is 20.2. The van der Waals surface area contributed by atoms with Crippen LogP contribution in [0.2, 0.25) is 0 Å². The molecular formula is C14H27NO. The van der Waals surface area contributed by atoms with E-state index in [0.717, 1.165) is 24.7 Å². The van der Waals surface area contributed by atoms with Crippen molar-refractivity contribution in [2.75, 3.05) is 0 Å². The molecule has 2 atom stereocenters. The van der Waals surface area contributed by atoms with Crippen molar-refractivity contribution in [3.8, 4) is 0 Å². The fourth-order valence-electron chi connectivity index (χ4n) is 2.35. The lowest BCUT2D eigenvalue weighted by Crippen LogP contribution is -2.28. The van der Waals surface area contributed by atoms with E-state index in [0.29, 0.717) is 0 Å². The van der Waals surface area contributed by atoms with Crippen molar-refractivity contribution in [1.29, 1.82) is 0 Å². The van der Waals surface area contributed by atoms with Gasteiger partial charge in [0.15, 0.2) is 0 Å². The van der Waals surface area contributed by atoms with E-state index >= 15 is 0 Å². The van der Waals surface area contributed by atoms with Crippen molar-refractivity contribution in [1.82, 2.24) is 0 Å². The van der Waals surface area contributed by atoms with E-state index in [1.54, 1.807) is 6.92 Å². The molecule has 2 unspecified atom stereocenters. The van der Waals surface area contributed by atoms with Gasteiger partial charge in [-0.05, 0) is 31.6 Å². The summed E-state index contributed by atoms with van der Waals surface area (Å²) >= 11 is 0.